The summed E-state index contributed by atoms with van der Waals surface area (Å²) in [6.45, 7) is 7.67. The average molecular weight is 289 g/mol. The Kier molecular flexibility index (Phi) is 4.30. The van der Waals surface area contributed by atoms with Gasteiger partial charge in [0.25, 0.3) is 5.91 Å². The molecule has 1 aromatic heterocycles. The minimum absolute atomic E-state index is 0.0374. The average Bonchev–Trinajstić information content (AvgIpc) is 2.50. The molecule has 21 heavy (non-hydrogen) atoms. The first-order chi connectivity index (χ1) is 9.99. The van der Waals surface area contributed by atoms with Crippen molar-refractivity contribution in [2.24, 2.45) is 0 Å². The van der Waals surface area contributed by atoms with E-state index < -0.39 is 11.6 Å². The Labute approximate surface area is 125 Å². The van der Waals surface area contributed by atoms with E-state index in [9.17, 15) is 9.59 Å². The van der Waals surface area contributed by atoms with Crippen LogP contribution in [0.2, 0.25) is 0 Å². The van der Waals surface area contributed by atoms with Crippen LogP contribution >= 0.6 is 0 Å². The maximum Gasteiger partial charge on any atom is 0.253 e. The topological polar surface area (TPSA) is 62.3 Å². The van der Waals surface area contributed by atoms with E-state index in [4.69, 9.17) is 0 Å². The van der Waals surface area contributed by atoms with Gasteiger partial charge in [-0.1, -0.05) is 20.8 Å². The van der Waals surface area contributed by atoms with Crippen LogP contribution in [0.25, 0.3) is 0 Å². The van der Waals surface area contributed by atoms with Gasteiger partial charge in [0.15, 0.2) is 0 Å². The molecule has 0 aromatic carbocycles. The minimum atomic E-state index is -0.798. The van der Waals surface area contributed by atoms with Gasteiger partial charge in [-0.3, -0.25) is 19.5 Å². The lowest BCUT2D eigenvalue weighted by Crippen LogP contribution is -2.70. The number of nitrogens with one attached hydrogen (secondary N) is 1. The number of piperazine rings is 1. The molecule has 1 N–H and O–H groups in total. The Morgan fingerprint density at radius 2 is 1.90 bits per heavy atom. The van der Waals surface area contributed by atoms with Gasteiger partial charge in [0, 0.05) is 5.69 Å². The number of hydrogen-bond acceptors (Lipinski definition) is 3. The van der Waals surface area contributed by atoms with Crippen LogP contribution in [0.15, 0.2) is 18.3 Å². The molecule has 1 saturated heterocycles. The molecule has 1 aromatic rings. The second kappa shape index (κ2) is 5.84. The van der Waals surface area contributed by atoms with Crippen molar-refractivity contribution in [1.29, 1.82) is 0 Å². The molecule has 5 heteroatoms. The van der Waals surface area contributed by atoms with Crippen LogP contribution in [0.3, 0.4) is 0 Å². The summed E-state index contributed by atoms with van der Waals surface area (Å²) in [6.07, 6.45) is 3.42. The number of carbonyl (C=O) groups excluding carboxylic acids is 2. The largest absolute Gasteiger partial charge is 0.340 e. The van der Waals surface area contributed by atoms with E-state index in [1.807, 2.05) is 39.8 Å². The molecule has 1 unspecified atom stereocenters. The van der Waals surface area contributed by atoms with Crippen molar-refractivity contribution in [3.8, 4) is 0 Å². The Balaban J connectivity index is 2.49. The number of anilines is 1. The molecule has 1 aliphatic heterocycles. The summed E-state index contributed by atoms with van der Waals surface area (Å²) in [6, 6.07) is 3.26. The minimum Gasteiger partial charge on any atom is -0.340 e. The summed E-state index contributed by atoms with van der Waals surface area (Å²) in [4.78, 5) is 31.3. The normalized spacial score (nSPS) is 21.3. The molecule has 2 amide bonds. The fourth-order valence-corrected chi connectivity index (χ4v) is 2.86. The third kappa shape index (κ3) is 2.52. The molecule has 0 spiro atoms. The molecule has 114 valence electrons. The van der Waals surface area contributed by atoms with Gasteiger partial charge in [0.1, 0.15) is 11.6 Å². The first-order valence-corrected chi connectivity index (χ1v) is 7.57. The Hall–Kier alpha value is -1.91. The van der Waals surface area contributed by atoms with Gasteiger partial charge in [-0.15, -0.1) is 0 Å². The highest BCUT2D eigenvalue weighted by Gasteiger charge is 2.48. The molecule has 0 radical (unpaired) electrons. The summed E-state index contributed by atoms with van der Waals surface area (Å²) in [5.41, 5.74) is 0.782. The van der Waals surface area contributed by atoms with E-state index in [-0.39, 0.29) is 11.8 Å². The molecule has 5 nitrogen and oxygen atoms in total. The van der Waals surface area contributed by atoms with Gasteiger partial charge in [-0.25, -0.2) is 0 Å². The lowest BCUT2D eigenvalue weighted by Gasteiger charge is -2.45. The van der Waals surface area contributed by atoms with E-state index in [1.54, 1.807) is 11.1 Å². The van der Waals surface area contributed by atoms with Crippen molar-refractivity contribution in [3.63, 3.8) is 0 Å². The zero-order chi connectivity index (χ0) is 15.6. The Morgan fingerprint density at radius 1 is 1.24 bits per heavy atom. The third-order valence-electron chi connectivity index (χ3n) is 4.37. The van der Waals surface area contributed by atoms with Crippen molar-refractivity contribution in [1.82, 2.24) is 10.3 Å². The molecule has 0 bridgehead atoms. The molecule has 1 atom stereocenters. The molecule has 2 heterocycles. The molecule has 2 rings (SSSR count). The Bertz CT molecular complexity index is 535. The highest BCUT2D eigenvalue weighted by Crippen LogP contribution is 2.30. The molecule has 0 aliphatic carbocycles. The van der Waals surface area contributed by atoms with Gasteiger partial charge in [0.05, 0.1) is 11.9 Å². The highest BCUT2D eigenvalue weighted by atomic mass is 16.2. The third-order valence-corrected chi connectivity index (χ3v) is 4.37. The van der Waals surface area contributed by atoms with Crippen LogP contribution in [0.4, 0.5) is 5.69 Å². The number of hydrogen-bond donors (Lipinski definition) is 1. The van der Waals surface area contributed by atoms with Gasteiger partial charge in [-0.2, -0.15) is 0 Å². The van der Waals surface area contributed by atoms with Gasteiger partial charge in [-0.05, 0) is 38.3 Å². The smallest absolute Gasteiger partial charge is 0.253 e. The van der Waals surface area contributed by atoms with Gasteiger partial charge >= 0.3 is 0 Å². The van der Waals surface area contributed by atoms with Crippen molar-refractivity contribution in [2.45, 2.75) is 58.5 Å². The first-order valence-electron chi connectivity index (χ1n) is 7.57. The first kappa shape index (κ1) is 15.5. The van der Waals surface area contributed by atoms with Crippen LogP contribution in [0.1, 0.15) is 45.7 Å². The maximum atomic E-state index is 13.0. The summed E-state index contributed by atoms with van der Waals surface area (Å²) in [5, 5.41) is 2.94. The number of pyridine rings is 1. The number of nitrogens with zero attached hydrogens (tertiary/aromatic N) is 2. The van der Waals surface area contributed by atoms with E-state index in [2.05, 4.69) is 10.3 Å². The molecular formula is C16H23N3O2. The van der Waals surface area contributed by atoms with E-state index in [0.717, 1.165) is 5.69 Å². The lowest BCUT2D eigenvalue weighted by molar-refractivity contribution is -0.138. The molecule has 1 aliphatic rings. The second-order valence-corrected chi connectivity index (χ2v) is 5.54. The maximum absolute atomic E-state index is 13.0. The summed E-state index contributed by atoms with van der Waals surface area (Å²) in [7, 11) is 0. The summed E-state index contributed by atoms with van der Waals surface area (Å²) in [5.74, 6) is -0.119. The SMILES string of the molecule is CCC1C(=O)NC(CC)(CC)C(=O)N1c1ccc(C)nc1. The number of carbonyl (C=O) groups is 2. The van der Waals surface area contributed by atoms with Crippen LogP contribution in [-0.2, 0) is 9.59 Å². The fourth-order valence-electron chi connectivity index (χ4n) is 2.86. The van der Waals surface area contributed by atoms with E-state index in [1.165, 1.54) is 0 Å². The zero-order valence-electron chi connectivity index (χ0n) is 13.1. The van der Waals surface area contributed by atoms with Gasteiger partial charge in [0.2, 0.25) is 5.91 Å². The van der Waals surface area contributed by atoms with E-state index >= 15 is 0 Å². The van der Waals surface area contributed by atoms with Gasteiger partial charge < -0.3 is 5.32 Å². The predicted molar refractivity (Wildman–Crippen MR) is 82.0 cm³/mol. The predicted octanol–water partition coefficient (Wildman–Crippen LogP) is 2.19. The van der Waals surface area contributed by atoms with Crippen molar-refractivity contribution in [3.05, 3.63) is 24.0 Å². The number of rotatable bonds is 4. The van der Waals surface area contributed by atoms with Crippen LogP contribution in [0.5, 0.6) is 0 Å². The highest BCUT2D eigenvalue weighted by molar-refractivity contribution is 6.10. The standard InChI is InChI=1S/C16H23N3O2/c1-5-13-14(20)18-16(6-2,7-3)15(21)19(13)12-9-8-11(4)17-10-12/h8-10,13H,5-7H2,1-4H3,(H,18,20). The Morgan fingerprint density at radius 3 is 2.38 bits per heavy atom. The van der Waals surface area contributed by atoms with E-state index in [0.29, 0.717) is 24.9 Å². The van der Waals surface area contributed by atoms with Crippen LogP contribution in [-0.4, -0.2) is 28.4 Å². The molecular weight excluding hydrogens is 266 g/mol. The monoisotopic (exact) mass is 289 g/mol. The number of aryl methyl sites for hydroxylation is 1. The zero-order valence-corrected chi connectivity index (χ0v) is 13.1. The second-order valence-electron chi connectivity index (χ2n) is 5.54. The lowest BCUT2D eigenvalue weighted by atomic mass is 9.86. The van der Waals surface area contributed by atoms with Crippen molar-refractivity contribution >= 4 is 17.5 Å². The van der Waals surface area contributed by atoms with Crippen molar-refractivity contribution < 1.29 is 9.59 Å². The number of aromatic nitrogens is 1. The number of amides is 2. The van der Waals surface area contributed by atoms with Crippen LogP contribution < -0.4 is 10.2 Å². The quantitative estimate of drug-likeness (QED) is 0.924. The summed E-state index contributed by atoms with van der Waals surface area (Å²) < 4.78 is 0. The van der Waals surface area contributed by atoms with Crippen LogP contribution in [0, 0.1) is 6.92 Å². The fraction of sp³-hybridized carbons (Fsp3) is 0.562. The summed E-state index contributed by atoms with van der Waals surface area (Å²) >= 11 is 0. The van der Waals surface area contributed by atoms with Crippen molar-refractivity contribution in [2.75, 3.05) is 4.90 Å². The molecule has 0 saturated carbocycles. The molecule has 1 fully saturated rings.